The Labute approximate surface area is 129 Å². The van der Waals surface area contributed by atoms with Crippen molar-refractivity contribution in [3.05, 3.63) is 86.8 Å². The first-order valence-electron chi connectivity index (χ1n) is 7.23. The zero-order valence-corrected chi connectivity index (χ0v) is 12.2. The summed E-state index contributed by atoms with van der Waals surface area (Å²) in [5, 5.41) is 14.3. The second-order valence-electron chi connectivity index (χ2n) is 5.30. The summed E-state index contributed by atoms with van der Waals surface area (Å²) in [5.41, 5.74) is 0.181. The number of nitrogens with zero attached hydrogens (tertiary/aromatic N) is 2. The summed E-state index contributed by atoms with van der Waals surface area (Å²) in [6, 6.07) is 18.9. The van der Waals surface area contributed by atoms with Gasteiger partial charge < -0.3 is 0 Å². The van der Waals surface area contributed by atoms with Gasteiger partial charge in [0.2, 0.25) is 0 Å². The fourth-order valence-corrected chi connectivity index (χ4v) is 2.41. The molecule has 0 amide bonds. The van der Waals surface area contributed by atoms with Crippen LogP contribution in [0, 0.1) is 15.0 Å². The Morgan fingerprint density at radius 1 is 0.864 bits per heavy atom. The second-order valence-corrected chi connectivity index (χ2v) is 5.30. The third kappa shape index (κ3) is 3.97. The largest absolute Gasteiger partial charge is 0.349 e. The highest BCUT2D eigenvalue weighted by atomic mass is 16.6. The Morgan fingerprint density at radius 2 is 1.27 bits per heavy atom. The molecule has 0 aliphatic carbocycles. The number of hydrogen-bond donors (Lipinski definition) is 0. The van der Waals surface area contributed by atoms with Gasteiger partial charge in [-0.05, 0) is 24.0 Å². The Hall–Kier alpha value is -2.56. The van der Waals surface area contributed by atoms with Crippen LogP contribution in [0.4, 0.5) is 0 Å². The number of benzene rings is 2. The molecular formula is C17H18N2O3. The molecule has 0 atom stereocenters. The number of nitroso groups, excluding NO2 is 1. The van der Waals surface area contributed by atoms with E-state index >= 15 is 0 Å². The highest BCUT2D eigenvalue weighted by molar-refractivity contribution is 5.16. The van der Waals surface area contributed by atoms with Crippen molar-refractivity contribution in [3.63, 3.8) is 0 Å². The van der Waals surface area contributed by atoms with Crippen molar-refractivity contribution in [1.82, 2.24) is 0 Å². The molecule has 0 saturated heterocycles. The lowest BCUT2D eigenvalue weighted by atomic mass is 9.94. The molecule has 0 aliphatic rings. The van der Waals surface area contributed by atoms with Crippen LogP contribution in [-0.2, 0) is 12.8 Å². The van der Waals surface area contributed by atoms with Crippen molar-refractivity contribution in [2.45, 2.75) is 31.3 Å². The predicted octanol–water partition coefficient (Wildman–Crippen LogP) is 3.99. The molecule has 0 aromatic heterocycles. The van der Waals surface area contributed by atoms with Crippen molar-refractivity contribution in [2.75, 3.05) is 0 Å². The molecule has 5 heteroatoms. The normalized spacial score (nSPS) is 11.1. The molecule has 114 valence electrons. The Kier molecular flexibility index (Phi) is 5.36. The third-order valence-corrected chi connectivity index (χ3v) is 3.82. The maximum atomic E-state index is 11.4. The molecular weight excluding hydrogens is 280 g/mol. The molecule has 0 fully saturated rings. The minimum atomic E-state index is -1.76. The summed E-state index contributed by atoms with van der Waals surface area (Å²) in [6.45, 7) is 0. The maximum absolute atomic E-state index is 11.4. The predicted molar refractivity (Wildman–Crippen MR) is 85.0 cm³/mol. The topological polar surface area (TPSA) is 72.6 Å². The molecule has 0 spiro atoms. The smallest absolute Gasteiger partial charge is 0.262 e. The van der Waals surface area contributed by atoms with Gasteiger partial charge in [-0.15, -0.1) is 4.91 Å². The highest BCUT2D eigenvalue weighted by Gasteiger charge is 2.43. The van der Waals surface area contributed by atoms with Gasteiger partial charge in [-0.25, -0.2) is 0 Å². The van der Waals surface area contributed by atoms with E-state index in [0.717, 1.165) is 11.1 Å². The summed E-state index contributed by atoms with van der Waals surface area (Å²) in [5.74, 6) is 0. The van der Waals surface area contributed by atoms with Crippen molar-refractivity contribution in [2.24, 2.45) is 5.18 Å². The van der Waals surface area contributed by atoms with Gasteiger partial charge in [-0.3, -0.25) is 10.1 Å². The highest BCUT2D eigenvalue weighted by Crippen LogP contribution is 2.26. The average Bonchev–Trinajstić information content (AvgIpc) is 2.57. The van der Waals surface area contributed by atoms with E-state index < -0.39 is 10.6 Å². The van der Waals surface area contributed by atoms with Crippen LogP contribution in [0.15, 0.2) is 65.8 Å². The van der Waals surface area contributed by atoms with E-state index in [-0.39, 0.29) is 12.8 Å². The van der Waals surface area contributed by atoms with Crippen LogP contribution in [0.5, 0.6) is 0 Å². The van der Waals surface area contributed by atoms with Crippen LogP contribution in [0.2, 0.25) is 0 Å². The van der Waals surface area contributed by atoms with Crippen molar-refractivity contribution >= 4 is 0 Å². The lowest BCUT2D eigenvalue weighted by Crippen LogP contribution is -2.37. The molecule has 0 N–H and O–H groups in total. The molecule has 22 heavy (non-hydrogen) atoms. The molecule has 0 heterocycles. The van der Waals surface area contributed by atoms with Crippen molar-refractivity contribution in [3.8, 4) is 0 Å². The van der Waals surface area contributed by atoms with Gasteiger partial charge in [0.1, 0.15) is 0 Å². The van der Waals surface area contributed by atoms with Crippen molar-refractivity contribution < 1.29 is 4.92 Å². The maximum Gasteiger partial charge on any atom is 0.349 e. The molecule has 2 aromatic rings. The van der Waals surface area contributed by atoms with Crippen LogP contribution < -0.4 is 0 Å². The zero-order chi connectivity index (χ0) is 15.8. The SMILES string of the molecule is O=NC(CCc1ccccc1)(CCc1ccccc1)[N+](=O)[O-]. The van der Waals surface area contributed by atoms with Gasteiger partial charge in [0.15, 0.2) is 0 Å². The fraction of sp³-hybridized carbons (Fsp3) is 0.294. The standard InChI is InChI=1S/C17H18N2O3/c20-18-17(19(21)22,13-11-15-7-3-1-4-8-15)14-12-16-9-5-2-6-10-16/h1-10H,11-14H2. The Balaban J connectivity index is 2.06. The minimum Gasteiger partial charge on any atom is -0.262 e. The van der Waals surface area contributed by atoms with Crippen LogP contribution >= 0.6 is 0 Å². The van der Waals surface area contributed by atoms with E-state index in [1.54, 1.807) is 0 Å². The number of aryl methyl sites for hydroxylation is 2. The molecule has 0 radical (unpaired) electrons. The van der Waals surface area contributed by atoms with Gasteiger partial charge in [0.25, 0.3) is 0 Å². The van der Waals surface area contributed by atoms with Crippen LogP contribution in [0.3, 0.4) is 0 Å². The van der Waals surface area contributed by atoms with E-state index in [1.807, 2.05) is 60.7 Å². The monoisotopic (exact) mass is 298 g/mol. The number of rotatable bonds is 8. The molecule has 0 bridgehead atoms. The van der Waals surface area contributed by atoms with Crippen LogP contribution in [0.1, 0.15) is 24.0 Å². The van der Waals surface area contributed by atoms with Crippen LogP contribution in [0.25, 0.3) is 0 Å². The van der Waals surface area contributed by atoms with E-state index in [4.69, 9.17) is 0 Å². The number of nitro groups is 1. The van der Waals surface area contributed by atoms with E-state index in [2.05, 4.69) is 5.18 Å². The third-order valence-electron chi connectivity index (χ3n) is 3.82. The second kappa shape index (κ2) is 7.45. The van der Waals surface area contributed by atoms with Gasteiger partial charge in [0, 0.05) is 18.0 Å². The first-order chi connectivity index (χ1) is 10.7. The molecule has 0 unspecified atom stereocenters. The van der Waals surface area contributed by atoms with Crippen LogP contribution in [-0.4, -0.2) is 10.6 Å². The summed E-state index contributed by atoms with van der Waals surface area (Å²) < 4.78 is 0. The molecule has 0 aliphatic heterocycles. The molecule has 0 saturated carbocycles. The van der Waals surface area contributed by atoms with E-state index in [1.165, 1.54) is 0 Å². The van der Waals surface area contributed by atoms with Crippen molar-refractivity contribution in [1.29, 1.82) is 0 Å². The fourth-order valence-electron chi connectivity index (χ4n) is 2.41. The summed E-state index contributed by atoms with van der Waals surface area (Å²) >= 11 is 0. The van der Waals surface area contributed by atoms with Gasteiger partial charge in [-0.1, -0.05) is 60.7 Å². The first kappa shape index (κ1) is 15.8. The van der Waals surface area contributed by atoms with E-state index in [0.29, 0.717) is 12.8 Å². The Morgan fingerprint density at radius 3 is 1.59 bits per heavy atom. The summed E-state index contributed by atoms with van der Waals surface area (Å²) in [6.07, 6.45) is 1.14. The zero-order valence-electron chi connectivity index (χ0n) is 12.2. The quantitative estimate of drug-likeness (QED) is 0.420. The van der Waals surface area contributed by atoms with Gasteiger partial charge in [-0.2, -0.15) is 0 Å². The van der Waals surface area contributed by atoms with Gasteiger partial charge >= 0.3 is 5.66 Å². The molecule has 2 aromatic carbocycles. The minimum absolute atomic E-state index is 0.111. The lowest BCUT2D eigenvalue weighted by molar-refractivity contribution is -0.571. The summed E-state index contributed by atoms with van der Waals surface area (Å²) in [4.78, 5) is 22.1. The number of hydrogen-bond acceptors (Lipinski definition) is 4. The average molecular weight is 298 g/mol. The van der Waals surface area contributed by atoms with E-state index in [9.17, 15) is 15.0 Å². The lowest BCUT2D eigenvalue weighted by Gasteiger charge is -2.18. The summed E-state index contributed by atoms with van der Waals surface area (Å²) in [7, 11) is 0. The first-order valence-corrected chi connectivity index (χ1v) is 7.23. The van der Waals surface area contributed by atoms with Gasteiger partial charge in [0.05, 0.1) is 4.92 Å². The molecule has 2 rings (SSSR count). The molecule has 5 nitrogen and oxygen atoms in total. The Bertz CT molecular complexity index is 571.